The number of hydrogen-bond acceptors (Lipinski definition) is 2. The Morgan fingerprint density at radius 1 is 1.24 bits per heavy atom. The molecule has 0 N–H and O–H groups in total. The second-order valence-electron chi connectivity index (χ2n) is 6.57. The summed E-state index contributed by atoms with van der Waals surface area (Å²) in [5.74, 6) is 1.38. The molecule has 21 heavy (non-hydrogen) atoms. The normalized spacial score (nSPS) is 22.5. The first-order chi connectivity index (χ1) is 10.1. The highest BCUT2D eigenvalue weighted by molar-refractivity contribution is 5.97. The lowest BCUT2D eigenvalue weighted by molar-refractivity contribution is 0.0156. The Balaban J connectivity index is 1.84. The van der Waals surface area contributed by atoms with E-state index in [9.17, 15) is 4.79 Å². The van der Waals surface area contributed by atoms with E-state index in [-0.39, 0.29) is 18.5 Å². The van der Waals surface area contributed by atoms with E-state index in [1.807, 2.05) is 24.3 Å². The van der Waals surface area contributed by atoms with Crippen molar-refractivity contribution in [2.75, 3.05) is 6.61 Å². The third kappa shape index (κ3) is 4.67. The number of ketones is 1. The zero-order valence-corrected chi connectivity index (χ0v) is 13.6. The van der Waals surface area contributed by atoms with Crippen LogP contribution in [0.4, 0.5) is 0 Å². The Labute approximate surface area is 128 Å². The first-order valence-electron chi connectivity index (χ1n) is 8.35. The van der Waals surface area contributed by atoms with Crippen LogP contribution in [0.25, 0.3) is 0 Å². The molecule has 2 rings (SSSR count). The summed E-state index contributed by atoms with van der Waals surface area (Å²) in [5.41, 5.74) is 2.03. The quantitative estimate of drug-likeness (QED) is 0.690. The van der Waals surface area contributed by atoms with Gasteiger partial charge in [0.25, 0.3) is 0 Å². The summed E-state index contributed by atoms with van der Waals surface area (Å²) < 4.78 is 5.86. The van der Waals surface area contributed by atoms with Gasteiger partial charge in [-0.25, -0.2) is 0 Å². The molecule has 0 bridgehead atoms. The van der Waals surface area contributed by atoms with Gasteiger partial charge in [-0.2, -0.15) is 0 Å². The average molecular weight is 288 g/mol. The van der Waals surface area contributed by atoms with Crippen LogP contribution in [0.2, 0.25) is 0 Å². The maximum Gasteiger partial charge on any atom is 0.188 e. The molecule has 2 heteroatoms. The summed E-state index contributed by atoms with van der Waals surface area (Å²) in [7, 11) is 0. The zero-order valence-electron chi connectivity index (χ0n) is 13.6. The van der Waals surface area contributed by atoms with Crippen molar-refractivity contribution in [3.05, 3.63) is 35.4 Å². The Hall–Kier alpha value is -1.15. The zero-order chi connectivity index (χ0) is 15.2. The van der Waals surface area contributed by atoms with Crippen LogP contribution in [0.15, 0.2) is 24.3 Å². The minimum absolute atomic E-state index is 0.101. The summed E-state index contributed by atoms with van der Waals surface area (Å²) in [5, 5.41) is 0. The Bertz CT molecular complexity index is 447. The van der Waals surface area contributed by atoms with Crippen LogP contribution in [0, 0.1) is 5.92 Å². The predicted molar refractivity (Wildman–Crippen MR) is 86.9 cm³/mol. The fourth-order valence-corrected chi connectivity index (χ4v) is 3.09. The molecule has 0 spiro atoms. The standard InChI is InChI=1S/C19H28O2/c1-4-15-6-5-7-18(12-15)21-13-19(20)17-10-8-16(9-11-17)14(2)3/h8-11,14-15,18H,4-7,12-13H2,1-3H3. The van der Waals surface area contributed by atoms with Crippen molar-refractivity contribution < 1.29 is 9.53 Å². The monoisotopic (exact) mass is 288 g/mol. The van der Waals surface area contributed by atoms with E-state index in [1.165, 1.54) is 24.8 Å². The lowest BCUT2D eigenvalue weighted by Gasteiger charge is -2.28. The van der Waals surface area contributed by atoms with E-state index in [0.29, 0.717) is 5.92 Å². The average Bonchev–Trinajstić information content (AvgIpc) is 2.53. The third-order valence-corrected chi connectivity index (χ3v) is 4.66. The van der Waals surface area contributed by atoms with Gasteiger partial charge in [-0.15, -0.1) is 0 Å². The van der Waals surface area contributed by atoms with E-state index >= 15 is 0 Å². The number of carbonyl (C=O) groups is 1. The van der Waals surface area contributed by atoms with Crippen molar-refractivity contribution in [2.45, 2.75) is 64.9 Å². The fraction of sp³-hybridized carbons (Fsp3) is 0.632. The summed E-state index contributed by atoms with van der Waals surface area (Å²) >= 11 is 0. The van der Waals surface area contributed by atoms with Crippen LogP contribution in [-0.2, 0) is 4.74 Å². The third-order valence-electron chi connectivity index (χ3n) is 4.66. The smallest absolute Gasteiger partial charge is 0.188 e. The number of ether oxygens (including phenoxy) is 1. The van der Waals surface area contributed by atoms with Crippen molar-refractivity contribution in [2.24, 2.45) is 5.92 Å². The minimum atomic E-state index is 0.101. The number of rotatable bonds is 6. The van der Waals surface area contributed by atoms with Gasteiger partial charge in [0, 0.05) is 5.56 Å². The molecule has 1 fully saturated rings. The van der Waals surface area contributed by atoms with Crippen molar-refractivity contribution in [3.63, 3.8) is 0 Å². The van der Waals surface area contributed by atoms with Gasteiger partial charge >= 0.3 is 0 Å². The number of hydrogen-bond donors (Lipinski definition) is 0. The van der Waals surface area contributed by atoms with E-state index in [2.05, 4.69) is 20.8 Å². The van der Waals surface area contributed by atoms with Crippen LogP contribution in [0.1, 0.15) is 74.7 Å². The second-order valence-corrected chi connectivity index (χ2v) is 6.57. The number of carbonyl (C=O) groups excluding carboxylic acids is 1. The van der Waals surface area contributed by atoms with E-state index in [1.54, 1.807) is 0 Å². The molecule has 0 amide bonds. The number of Topliss-reactive ketones (excluding diaryl/α,β-unsaturated/α-hetero) is 1. The topological polar surface area (TPSA) is 26.3 Å². The largest absolute Gasteiger partial charge is 0.370 e. The van der Waals surface area contributed by atoms with Gasteiger partial charge in [0.1, 0.15) is 6.61 Å². The number of benzene rings is 1. The van der Waals surface area contributed by atoms with E-state index in [0.717, 1.165) is 24.3 Å². The lowest BCUT2D eigenvalue weighted by Crippen LogP contribution is -2.25. The highest BCUT2D eigenvalue weighted by Crippen LogP contribution is 2.28. The highest BCUT2D eigenvalue weighted by atomic mass is 16.5. The van der Waals surface area contributed by atoms with Gasteiger partial charge in [-0.05, 0) is 30.2 Å². The maximum atomic E-state index is 12.2. The van der Waals surface area contributed by atoms with Crippen molar-refractivity contribution >= 4 is 5.78 Å². The van der Waals surface area contributed by atoms with Gasteiger partial charge in [0.05, 0.1) is 6.10 Å². The van der Waals surface area contributed by atoms with Crippen molar-refractivity contribution in [3.8, 4) is 0 Å². The molecule has 1 aromatic rings. The fourth-order valence-electron chi connectivity index (χ4n) is 3.09. The van der Waals surface area contributed by atoms with Crippen LogP contribution >= 0.6 is 0 Å². The molecule has 0 aliphatic heterocycles. The van der Waals surface area contributed by atoms with E-state index in [4.69, 9.17) is 4.74 Å². The van der Waals surface area contributed by atoms with Gasteiger partial charge in [-0.1, -0.05) is 64.3 Å². The molecule has 1 saturated carbocycles. The predicted octanol–water partition coefficient (Wildman–Crippen LogP) is 4.98. The molecule has 0 aromatic heterocycles. The Kier molecular flexibility index (Phi) is 5.98. The molecule has 116 valence electrons. The molecule has 0 heterocycles. The maximum absolute atomic E-state index is 12.2. The van der Waals surface area contributed by atoms with Gasteiger partial charge in [0.2, 0.25) is 0 Å². The van der Waals surface area contributed by atoms with Crippen LogP contribution in [-0.4, -0.2) is 18.5 Å². The summed E-state index contributed by atoms with van der Waals surface area (Å²) in [6, 6.07) is 7.95. The van der Waals surface area contributed by atoms with Crippen molar-refractivity contribution in [1.82, 2.24) is 0 Å². The molecule has 2 unspecified atom stereocenters. The molecular formula is C19H28O2. The molecule has 2 atom stereocenters. The highest BCUT2D eigenvalue weighted by Gasteiger charge is 2.22. The van der Waals surface area contributed by atoms with Crippen LogP contribution < -0.4 is 0 Å². The van der Waals surface area contributed by atoms with Gasteiger partial charge in [-0.3, -0.25) is 4.79 Å². The molecule has 2 nitrogen and oxygen atoms in total. The lowest BCUT2D eigenvalue weighted by atomic mass is 9.85. The molecule has 1 aromatic carbocycles. The van der Waals surface area contributed by atoms with Crippen molar-refractivity contribution in [1.29, 1.82) is 0 Å². The minimum Gasteiger partial charge on any atom is -0.370 e. The molecule has 1 aliphatic carbocycles. The first-order valence-corrected chi connectivity index (χ1v) is 8.35. The molecular weight excluding hydrogens is 260 g/mol. The molecule has 1 aliphatic rings. The first kappa shape index (κ1) is 16.2. The van der Waals surface area contributed by atoms with Gasteiger partial charge in [0.15, 0.2) is 5.78 Å². The van der Waals surface area contributed by atoms with Crippen LogP contribution in [0.5, 0.6) is 0 Å². The SMILES string of the molecule is CCC1CCCC(OCC(=O)c2ccc(C(C)C)cc2)C1. The summed E-state index contributed by atoms with van der Waals surface area (Å²) in [6.07, 6.45) is 6.29. The van der Waals surface area contributed by atoms with Crippen LogP contribution in [0.3, 0.4) is 0 Å². The molecule has 0 saturated heterocycles. The Morgan fingerprint density at radius 3 is 2.57 bits per heavy atom. The Morgan fingerprint density at radius 2 is 1.95 bits per heavy atom. The second kappa shape index (κ2) is 7.74. The summed E-state index contributed by atoms with van der Waals surface area (Å²) in [6.45, 7) is 6.79. The molecule has 0 radical (unpaired) electrons. The van der Waals surface area contributed by atoms with E-state index < -0.39 is 0 Å². The van der Waals surface area contributed by atoms with Gasteiger partial charge < -0.3 is 4.74 Å². The summed E-state index contributed by atoms with van der Waals surface area (Å²) in [4.78, 5) is 12.2.